The Balaban J connectivity index is 1.93. The van der Waals surface area contributed by atoms with Gasteiger partial charge in [0, 0.05) is 42.0 Å². The highest BCUT2D eigenvalue weighted by Crippen LogP contribution is 2.24. The first-order chi connectivity index (χ1) is 8.49. The smallest absolute Gasteiger partial charge is 0.0329 e. The quantitative estimate of drug-likeness (QED) is 0.904. The Morgan fingerprint density at radius 3 is 2.67 bits per heavy atom. The molecule has 2 heterocycles. The lowest BCUT2D eigenvalue weighted by molar-refractivity contribution is 0.130. The van der Waals surface area contributed by atoms with E-state index in [1.54, 1.807) is 0 Å². The zero-order chi connectivity index (χ0) is 13.2. The Morgan fingerprint density at radius 2 is 2.06 bits per heavy atom. The van der Waals surface area contributed by atoms with E-state index in [9.17, 15) is 0 Å². The molecular formula is C15H26N2S. The van der Waals surface area contributed by atoms with E-state index in [2.05, 4.69) is 50.0 Å². The topological polar surface area (TPSA) is 15.3 Å². The molecule has 0 amide bonds. The molecule has 1 fully saturated rings. The maximum atomic E-state index is 3.65. The zero-order valence-corrected chi connectivity index (χ0v) is 12.9. The molecule has 1 atom stereocenters. The van der Waals surface area contributed by atoms with Crippen molar-refractivity contribution in [2.75, 3.05) is 19.6 Å². The van der Waals surface area contributed by atoms with Crippen LogP contribution in [0.4, 0.5) is 0 Å². The number of aryl methyl sites for hydroxylation is 1. The molecule has 1 aromatic heterocycles. The highest BCUT2D eigenvalue weighted by molar-refractivity contribution is 7.11. The van der Waals surface area contributed by atoms with Crippen LogP contribution in [-0.2, 0) is 13.0 Å². The summed E-state index contributed by atoms with van der Waals surface area (Å²) in [7, 11) is 0. The third kappa shape index (κ3) is 3.56. The summed E-state index contributed by atoms with van der Waals surface area (Å²) in [6.45, 7) is 13.8. The van der Waals surface area contributed by atoms with Crippen molar-refractivity contribution in [1.29, 1.82) is 0 Å². The molecule has 2 rings (SSSR count). The van der Waals surface area contributed by atoms with E-state index in [4.69, 9.17) is 0 Å². The normalized spacial score (nSPS) is 22.3. The third-order valence-corrected chi connectivity index (χ3v) is 4.96. The van der Waals surface area contributed by atoms with Gasteiger partial charge in [0.2, 0.25) is 0 Å². The highest BCUT2D eigenvalue weighted by atomic mass is 32.1. The lowest BCUT2D eigenvalue weighted by atomic mass is 9.85. The standard InChI is InChI=1S/C15H26N2S/c1-5-12-6-7-13(18-12)10-17-9-8-16-14(11-17)15(2,3)4/h6-7,14,16H,5,8-11H2,1-4H3. The summed E-state index contributed by atoms with van der Waals surface area (Å²) >= 11 is 1.97. The molecule has 1 aliphatic heterocycles. The van der Waals surface area contributed by atoms with Gasteiger partial charge in [0.05, 0.1) is 0 Å². The van der Waals surface area contributed by atoms with E-state index in [0.717, 1.165) is 19.5 Å². The lowest BCUT2D eigenvalue weighted by Gasteiger charge is -2.40. The van der Waals surface area contributed by atoms with Crippen molar-refractivity contribution in [2.45, 2.75) is 46.7 Å². The molecule has 1 N–H and O–H groups in total. The minimum Gasteiger partial charge on any atom is -0.311 e. The van der Waals surface area contributed by atoms with E-state index >= 15 is 0 Å². The monoisotopic (exact) mass is 266 g/mol. The molecule has 0 radical (unpaired) electrons. The van der Waals surface area contributed by atoms with Crippen molar-refractivity contribution in [2.24, 2.45) is 5.41 Å². The van der Waals surface area contributed by atoms with Crippen LogP contribution in [0.25, 0.3) is 0 Å². The van der Waals surface area contributed by atoms with Crippen LogP contribution in [0.3, 0.4) is 0 Å². The van der Waals surface area contributed by atoms with Gasteiger partial charge in [-0.25, -0.2) is 0 Å². The number of hydrogen-bond donors (Lipinski definition) is 1. The summed E-state index contributed by atoms with van der Waals surface area (Å²) < 4.78 is 0. The molecule has 3 heteroatoms. The second-order valence-electron chi connectivity index (χ2n) is 6.33. The van der Waals surface area contributed by atoms with Crippen LogP contribution >= 0.6 is 11.3 Å². The van der Waals surface area contributed by atoms with Crippen molar-refractivity contribution in [3.63, 3.8) is 0 Å². The van der Waals surface area contributed by atoms with E-state index in [0.29, 0.717) is 11.5 Å². The van der Waals surface area contributed by atoms with E-state index < -0.39 is 0 Å². The van der Waals surface area contributed by atoms with Crippen LogP contribution in [0.2, 0.25) is 0 Å². The first-order valence-corrected chi connectivity index (χ1v) is 7.84. The van der Waals surface area contributed by atoms with Gasteiger partial charge in [-0.1, -0.05) is 27.7 Å². The Hall–Kier alpha value is -0.380. The first-order valence-electron chi connectivity index (χ1n) is 7.02. The Kier molecular flexibility index (Phi) is 4.46. The molecular weight excluding hydrogens is 240 g/mol. The van der Waals surface area contributed by atoms with Gasteiger partial charge in [0.25, 0.3) is 0 Å². The predicted octanol–water partition coefficient (Wildman–Crippen LogP) is 3.13. The molecule has 1 aromatic rings. The summed E-state index contributed by atoms with van der Waals surface area (Å²) in [6, 6.07) is 5.19. The lowest BCUT2D eigenvalue weighted by Crippen LogP contribution is -2.55. The van der Waals surface area contributed by atoms with Gasteiger partial charge in [-0.3, -0.25) is 4.90 Å². The number of rotatable bonds is 3. The van der Waals surface area contributed by atoms with E-state index in [1.807, 2.05) is 11.3 Å². The Bertz CT molecular complexity index is 378. The fourth-order valence-electron chi connectivity index (χ4n) is 2.45. The van der Waals surface area contributed by atoms with Crippen molar-refractivity contribution in [3.05, 3.63) is 21.9 Å². The average molecular weight is 266 g/mol. The molecule has 0 aliphatic carbocycles. The van der Waals surface area contributed by atoms with E-state index in [1.165, 1.54) is 22.8 Å². The van der Waals surface area contributed by atoms with Gasteiger partial charge in [0.15, 0.2) is 0 Å². The number of nitrogens with zero attached hydrogens (tertiary/aromatic N) is 1. The molecule has 2 nitrogen and oxygen atoms in total. The summed E-state index contributed by atoms with van der Waals surface area (Å²) in [4.78, 5) is 5.62. The number of thiophene rings is 1. The van der Waals surface area contributed by atoms with Crippen LogP contribution in [-0.4, -0.2) is 30.6 Å². The van der Waals surface area contributed by atoms with Gasteiger partial charge in [0.1, 0.15) is 0 Å². The largest absolute Gasteiger partial charge is 0.311 e. The predicted molar refractivity (Wildman–Crippen MR) is 80.2 cm³/mol. The number of nitrogens with one attached hydrogen (secondary N) is 1. The number of piperazine rings is 1. The van der Waals surface area contributed by atoms with Gasteiger partial charge < -0.3 is 5.32 Å². The summed E-state index contributed by atoms with van der Waals surface area (Å²) in [6.07, 6.45) is 1.16. The Labute approximate surface area is 115 Å². The molecule has 0 aromatic carbocycles. The van der Waals surface area contributed by atoms with Crippen molar-refractivity contribution in [1.82, 2.24) is 10.2 Å². The van der Waals surface area contributed by atoms with Crippen molar-refractivity contribution in [3.8, 4) is 0 Å². The van der Waals surface area contributed by atoms with Crippen LogP contribution in [0.15, 0.2) is 12.1 Å². The Morgan fingerprint density at radius 1 is 1.33 bits per heavy atom. The zero-order valence-electron chi connectivity index (χ0n) is 12.1. The molecule has 1 saturated heterocycles. The van der Waals surface area contributed by atoms with Crippen LogP contribution in [0, 0.1) is 5.41 Å². The summed E-state index contributed by atoms with van der Waals surface area (Å²) in [5, 5.41) is 3.65. The molecule has 0 spiro atoms. The number of hydrogen-bond acceptors (Lipinski definition) is 3. The fraction of sp³-hybridized carbons (Fsp3) is 0.733. The van der Waals surface area contributed by atoms with Crippen molar-refractivity contribution >= 4 is 11.3 Å². The fourth-order valence-corrected chi connectivity index (χ4v) is 3.45. The molecule has 102 valence electrons. The highest BCUT2D eigenvalue weighted by Gasteiger charge is 2.29. The van der Waals surface area contributed by atoms with Crippen LogP contribution < -0.4 is 5.32 Å². The van der Waals surface area contributed by atoms with Crippen LogP contribution in [0.1, 0.15) is 37.4 Å². The maximum Gasteiger partial charge on any atom is 0.0329 e. The van der Waals surface area contributed by atoms with Gasteiger partial charge >= 0.3 is 0 Å². The molecule has 0 saturated carbocycles. The minimum atomic E-state index is 0.350. The molecule has 0 bridgehead atoms. The third-order valence-electron chi connectivity index (χ3n) is 3.75. The second-order valence-corrected chi connectivity index (χ2v) is 7.58. The first kappa shape index (κ1) is 14.0. The molecule has 1 unspecified atom stereocenters. The van der Waals surface area contributed by atoms with Gasteiger partial charge in [-0.15, -0.1) is 11.3 Å². The summed E-state index contributed by atoms with van der Waals surface area (Å²) in [5.74, 6) is 0. The van der Waals surface area contributed by atoms with Crippen molar-refractivity contribution < 1.29 is 0 Å². The van der Waals surface area contributed by atoms with E-state index in [-0.39, 0.29) is 0 Å². The summed E-state index contributed by atoms with van der Waals surface area (Å²) in [5.41, 5.74) is 0.350. The van der Waals surface area contributed by atoms with Gasteiger partial charge in [-0.2, -0.15) is 0 Å². The molecule has 1 aliphatic rings. The van der Waals surface area contributed by atoms with Gasteiger partial charge in [-0.05, 0) is 24.0 Å². The molecule has 18 heavy (non-hydrogen) atoms. The second kappa shape index (κ2) is 5.72. The van der Waals surface area contributed by atoms with Crippen LogP contribution in [0.5, 0.6) is 0 Å². The maximum absolute atomic E-state index is 3.65. The minimum absolute atomic E-state index is 0.350. The average Bonchev–Trinajstić information content (AvgIpc) is 2.76. The SMILES string of the molecule is CCc1ccc(CN2CCNC(C(C)(C)C)C2)s1.